The van der Waals surface area contributed by atoms with Crippen LogP contribution in [0.5, 0.6) is 0 Å². The van der Waals surface area contributed by atoms with E-state index in [1.807, 2.05) is 6.07 Å². The normalized spacial score (nSPS) is 10.1. The number of rotatable bonds is 2. The molecule has 0 heterocycles. The highest BCUT2D eigenvalue weighted by molar-refractivity contribution is 8.82. The molecule has 5 heteroatoms. The minimum absolute atomic E-state index is 0.0658. The molecule has 0 aromatic heterocycles. The van der Waals surface area contributed by atoms with Gasteiger partial charge in [-0.2, -0.15) is 0 Å². The number of benzene rings is 1. The van der Waals surface area contributed by atoms with E-state index in [2.05, 4.69) is 0 Å². The Kier molecular flexibility index (Phi) is 4.46. The first-order valence-corrected chi connectivity index (χ1v) is 6.30. The third-order valence-corrected chi connectivity index (χ3v) is 4.18. The highest BCUT2D eigenvalue weighted by Crippen LogP contribution is 2.34. The van der Waals surface area contributed by atoms with Crippen molar-refractivity contribution in [1.82, 2.24) is 0 Å². The molecule has 0 unspecified atom stereocenters. The molecule has 0 spiro atoms. The molecule has 1 nitrogen and oxygen atoms in total. The number of hydrogen-bond acceptors (Lipinski definition) is 3. The van der Waals surface area contributed by atoms with Crippen LogP contribution < -0.4 is 0 Å². The van der Waals surface area contributed by atoms with Crippen LogP contribution in [0.2, 0.25) is 10.0 Å². The number of halogens is 2. The lowest BCUT2D eigenvalue weighted by atomic mass is 10.4. The molecule has 0 atom stereocenters. The van der Waals surface area contributed by atoms with Crippen LogP contribution in [0.25, 0.3) is 0 Å². The fourth-order valence-corrected chi connectivity index (χ4v) is 2.45. The van der Waals surface area contributed by atoms with Gasteiger partial charge in [-0.3, -0.25) is 4.79 Å². The van der Waals surface area contributed by atoms with E-state index in [0.717, 1.165) is 4.90 Å². The average Bonchev–Trinajstić information content (AvgIpc) is 2.07. The maximum absolute atomic E-state index is 10.7. The van der Waals surface area contributed by atoms with Gasteiger partial charge in [0.15, 0.2) is 5.12 Å². The summed E-state index contributed by atoms with van der Waals surface area (Å²) in [5.74, 6) is 0. The first-order chi connectivity index (χ1) is 6.09. The van der Waals surface area contributed by atoms with Crippen molar-refractivity contribution in [3.63, 3.8) is 0 Å². The molecule has 0 aliphatic carbocycles. The van der Waals surface area contributed by atoms with Gasteiger partial charge < -0.3 is 0 Å². The van der Waals surface area contributed by atoms with Crippen molar-refractivity contribution in [2.45, 2.75) is 11.8 Å². The standard InChI is InChI=1S/C8H6Cl2OS2/c1-5(11)12-13-6-2-3-7(9)8(10)4-6/h2-4H,1H3. The molecule has 1 aromatic carbocycles. The Balaban J connectivity index is 2.68. The van der Waals surface area contributed by atoms with Crippen LogP contribution in [0.15, 0.2) is 23.1 Å². The molecule has 0 aliphatic heterocycles. The van der Waals surface area contributed by atoms with Gasteiger partial charge in [0.1, 0.15) is 0 Å². The Morgan fingerprint density at radius 2 is 2.00 bits per heavy atom. The second-order valence-electron chi connectivity index (χ2n) is 2.23. The monoisotopic (exact) mass is 252 g/mol. The van der Waals surface area contributed by atoms with Crippen molar-refractivity contribution in [1.29, 1.82) is 0 Å². The summed E-state index contributed by atoms with van der Waals surface area (Å²) in [4.78, 5) is 11.6. The predicted molar refractivity (Wildman–Crippen MR) is 60.6 cm³/mol. The van der Waals surface area contributed by atoms with Gasteiger partial charge in [-0.05, 0) is 39.8 Å². The van der Waals surface area contributed by atoms with Crippen LogP contribution in [-0.2, 0) is 4.79 Å². The Bertz CT molecular complexity index is 328. The Morgan fingerprint density at radius 3 is 2.54 bits per heavy atom. The van der Waals surface area contributed by atoms with E-state index in [4.69, 9.17) is 23.2 Å². The number of carbonyl (C=O) groups is 1. The molecule has 0 amide bonds. The lowest BCUT2D eigenvalue weighted by Crippen LogP contribution is -1.76. The third kappa shape index (κ3) is 3.81. The van der Waals surface area contributed by atoms with E-state index >= 15 is 0 Å². The maximum Gasteiger partial charge on any atom is 0.196 e. The largest absolute Gasteiger partial charge is 0.287 e. The van der Waals surface area contributed by atoms with Gasteiger partial charge in [0.25, 0.3) is 0 Å². The Labute approximate surface area is 94.6 Å². The zero-order valence-electron chi connectivity index (χ0n) is 6.71. The van der Waals surface area contributed by atoms with E-state index < -0.39 is 0 Å². The van der Waals surface area contributed by atoms with Crippen LogP contribution in [-0.4, -0.2) is 5.12 Å². The first-order valence-electron chi connectivity index (χ1n) is 3.40. The third-order valence-electron chi connectivity index (χ3n) is 1.15. The summed E-state index contributed by atoms with van der Waals surface area (Å²) < 4.78 is 0. The van der Waals surface area contributed by atoms with Gasteiger partial charge in [-0.25, -0.2) is 0 Å². The Morgan fingerprint density at radius 1 is 1.31 bits per heavy atom. The number of carbonyl (C=O) groups excluding carboxylic acids is 1. The van der Waals surface area contributed by atoms with Gasteiger partial charge in [-0.15, -0.1) is 0 Å². The van der Waals surface area contributed by atoms with Crippen LogP contribution in [0, 0.1) is 0 Å². The topological polar surface area (TPSA) is 17.1 Å². The van der Waals surface area contributed by atoms with Crippen LogP contribution >= 0.6 is 44.8 Å². The molecule has 0 aliphatic rings. The molecule has 1 rings (SSSR count). The van der Waals surface area contributed by atoms with Gasteiger partial charge >= 0.3 is 0 Å². The summed E-state index contributed by atoms with van der Waals surface area (Å²) in [5.41, 5.74) is 0. The molecule has 0 saturated heterocycles. The molecule has 0 bridgehead atoms. The molecule has 13 heavy (non-hydrogen) atoms. The minimum Gasteiger partial charge on any atom is -0.287 e. The summed E-state index contributed by atoms with van der Waals surface area (Å²) >= 11 is 11.5. The van der Waals surface area contributed by atoms with Crippen molar-refractivity contribution < 1.29 is 4.79 Å². The molecular formula is C8H6Cl2OS2. The van der Waals surface area contributed by atoms with Crippen molar-refractivity contribution in [3.8, 4) is 0 Å². The van der Waals surface area contributed by atoms with E-state index in [0.29, 0.717) is 10.0 Å². The second kappa shape index (κ2) is 5.15. The predicted octanol–water partition coefficient (Wildman–Crippen LogP) is 4.28. The van der Waals surface area contributed by atoms with E-state index in [9.17, 15) is 4.79 Å². The highest BCUT2D eigenvalue weighted by atomic mass is 35.5. The van der Waals surface area contributed by atoms with Gasteiger partial charge in [0.2, 0.25) is 0 Å². The lowest BCUT2D eigenvalue weighted by Gasteiger charge is -1.99. The zero-order chi connectivity index (χ0) is 9.84. The summed E-state index contributed by atoms with van der Waals surface area (Å²) in [7, 11) is 2.55. The zero-order valence-corrected chi connectivity index (χ0v) is 9.86. The van der Waals surface area contributed by atoms with Gasteiger partial charge in [0, 0.05) is 11.8 Å². The molecule has 1 aromatic rings. The summed E-state index contributed by atoms with van der Waals surface area (Å²) in [6.07, 6.45) is 0. The minimum atomic E-state index is 0.0658. The molecule has 0 radical (unpaired) electrons. The van der Waals surface area contributed by atoms with E-state index in [1.54, 1.807) is 12.1 Å². The van der Waals surface area contributed by atoms with Crippen molar-refractivity contribution in [3.05, 3.63) is 28.2 Å². The number of hydrogen-bond donors (Lipinski definition) is 0. The first kappa shape index (κ1) is 11.2. The van der Waals surface area contributed by atoms with Crippen molar-refractivity contribution in [2.75, 3.05) is 0 Å². The summed E-state index contributed by atoms with van der Waals surface area (Å²) in [6, 6.07) is 5.28. The molecule has 0 fully saturated rings. The maximum atomic E-state index is 10.7. The van der Waals surface area contributed by atoms with Crippen LogP contribution in [0.1, 0.15) is 6.92 Å². The average molecular weight is 253 g/mol. The smallest absolute Gasteiger partial charge is 0.196 e. The fraction of sp³-hybridized carbons (Fsp3) is 0.125. The van der Waals surface area contributed by atoms with Gasteiger partial charge in [0.05, 0.1) is 10.0 Å². The highest BCUT2D eigenvalue weighted by Gasteiger charge is 2.01. The summed E-state index contributed by atoms with van der Waals surface area (Å²) in [5, 5.41) is 1.10. The molecular weight excluding hydrogens is 247 g/mol. The van der Waals surface area contributed by atoms with Crippen molar-refractivity contribution in [2.24, 2.45) is 0 Å². The van der Waals surface area contributed by atoms with Crippen LogP contribution in [0.3, 0.4) is 0 Å². The Hall–Kier alpha value is 0.170. The quantitative estimate of drug-likeness (QED) is 0.732. The summed E-state index contributed by atoms with van der Waals surface area (Å²) in [6.45, 7) is 1.52. The van der Waals surface area contributed by atoms with E-state index in [1.165, 1.54) is 28.5 Å². The fourth-order valence-electron chi connectivity index (χ4n) is 0.635. The van der Waals surface area contributed by atoms with Crippen molar-refractivity contribution >= 4 is 49.9 Å². The lowest BCUT2D eigenvalue weighted by molar-refractivity contribution is -0.109. The van der Waals surface area contributed by atoms with Gasteiger partial charge in [-0.1, -0.05) is 23.2 Å². The van der Waals surface area contributed by atoms with Crippen LogP contribution in [0.4, 0.5) is 0 Å². The SMILES string of the molecule is CC(=O)SSc1ccc(Cl)c(Cl)c1. The second-order valence-corrected chi connectivity index (χ2v) is 5.43. The molecule has 0 N–H and O–H groups in total. The molecule has 70 valence electrons. The van der Waals surface area contributed by atoms with E-state index in [-0.39, 0.29) is 5.12 Å². The molecule has 0 saturated carbocycles.